The molecule has 0 amide bonds. The van der Waals surface area contributed by atoms with Gasteiger partial charge in [0.1, 0.15) is 24.7 Å². The van der Waals surface area contributed by atoms with Gasteiger partial charge in [-0.15, -0.1) is 0 Å². The van der Waals surface area contributed by atoms with Crippen LogP contribution < -0.4 is 22.5 Å². The monoisotopic (exact) mass is 729 g/mol. The maximum Gasteiger partial charge on any atom is 0.330 e. The van der Waals surface area contributed by atoms with Gasteiger partial charge >= 0.3 is 11.4 Å². The fraction of sp³-hybridized carbons (Fsp3) is 0.758. The molecule has 7 atom stereocenters. The second-order valence-corrected chi connectivity index (χ2v) is 25.5. The van der Waals surface area contributed by atoms with Crippen LogP contribution in [-0.4, -0.2) is 85.5 Å². The third-order valence-electron chi connectivity index (χ3n) is 10.2. The molecule has 4 heterocycles. The Morgan fingerprint density at radius 3 is 1.59 bits per heavy atom. The SMILES string of the molecule is Cc1cn(C2CC(O[Si](C)(C)C(C)(C)C)C(CO)O2)c(=O)[nH]c1=O.[2H]C([3H])OCC1OC(n2cc(C)c(=O)[nH]c2=O)CC1O[Si](C)(C)C(C)(C)C. The van der Waals surface area contributed by atoms with Crippen LogP contribution in [0.25, 0.3) is 0 Å². The Bertz CT molecular complexity index is 1730. The standard InChI is InChI=1S/C17H30N2O5Si.C16H28N2O5Si/c1-11-9-19(16(21)18-15(11)20)14-8-12(13(23-14)10-22-5)24-25(6,7)17(2,3)4;1-10-8-18(15(21)17-14(10)20)13-7-11(12(9-19)22-13)23-24(5,6)16(2,3)4/h9,12-14H,8,10H2,1-7H3,(H,18,20,21);8,11-13,19H,7,9H2,1-6H3,(H,17,20,21)/i5TD;. The van der Waals surface area contributed by atoms with Gasteiger partial charge in [0.05, 0.1) is 28.2 Å². The molecule has 3 N–H and O–H groups in total. The molecule has 2 aliphatic heterocycles. The number of ether oxygens (including phenoxy) is 3. The van der Waals surface area contributed by atoms with Crippen molar-refractivity contribution in [2.75, 3.05) is 20.3 Å². The van der Waals surface area contributed by atoms with Gasteiger partial charge in [-0.1, -0.05) is 41.5 Å². The predicted octanol–water partition coefficient (Wildman–Crippen LogP) is 3.68. The van der Waals surface area contributed by atoms with E-state index in [0.717, 1.165) is 0 Å². The topological polar surface area (TPSA) is 176 Å². The third-order valence-corrected chi connectivity index (χ3v) is 19.2. The van der Waals surface area contributed by atoms with Crippen LogP contribution in [0.3, 0.4) is 0 Å². The zero-order valence-corrected chi connectivity index (χ0v) is 33.0. The molecule has 0 aliphatic carbocycles. The fourth-order valence-corrected chi connectivity index (χ4v) is 7.83. The van der Waals surface area contributed by atoms with Gasteiger partial charge in [0, 0.05) is 43.4 Å². The number of hydrogen-bond acceptors (Lipinski definition) is 10. The van der Waals surface area contributed by atoms with E-state index < -0.39 is 70.9 Å². The molecule has 2 aromatic heterocycles. The van der Waals surface area contributed by atoms with Gasteiger partial charge in [0.15, 0.2) is 16.6 Å². The maximum atomic E-state index is 12.2. The minimum atomic E-state index is -2.11. The van der Waals surface area contributed by atoms with Crippen molar-refractivity contribution < 1.29 is 30.9 Å². The number of H-pyrrole nitrogens is 2. The Labute approximate surface area is 293 Å². The van der Waals surface area contributed by atoms with Crippen LogP contribution in [0, 0.1) is 13.8 Å². The van der Waals surface area contributed by atoms with Crippen molar-refractivity contribution >= 4 is 16.6 Å². The first-order valence-corrected chi connectivity index (χ1v) is 22.5. The highest BCUT2D eigenvalue weighted by Crippen LogP contribution is 2.42. The normalized spacial score (nSPS) is 26.1. The van der Waals surface area contributed by atoms with Crippen LogP contribution in [0.1, 0.15) is 80.7 Å². The Balaban J connectivity index is 0.000000277. The first kappa shape index (κ1) is 37.8. The molecule has 7 unspecified atom stereocenters. The summed E-state index contributed by atoms with van der Waals surface area (Å²) in [6.45, 7) is 24.5. The molecule has 2 aliphatic rings. The minimum absolute atomic E-state index is 0.00468. The zero-order chi connectivity index (χ0) is 38.9. The molecular weight excluding hydrogens is 669 g/mol. The largest absolute Gasteiger partial charge is 0.411 e. The van der Waals surface area contributed by atoms with Crippen molar-refractivity contribution in [3.05, 3.63) is 65.2 Å². The first-order chi connectivity index (χ1) is 23.3. The molecule has 0 radical (unpaired) electrons. The van der Waals surface area contributed by atoms with Crippen LogP contribution in [0.2, 0.25) is 36.3 Å². The van der Waals surface area contributed by atoms with Gasteiger partial charge in [-0.25, -0.2) is 9.59 Å². The summed E-state index contributed by atoms with van der Waals surface area (Å²) in [5.41, 5.74) is -1.02. The Morgan fingerprint density at radius 2 is 1.22 bits per heavy atom. The summed E-state index contributed by atoms with van der Waals surface area (Å²) < 4.78 is 47.0. The molecule has 0 spiro atoms. The predicted molar refractivity (Wildman–Crippen MR) is 192 cm³/mol. The number of methoxy groups -OCH3 is 1. The second-order valence-electron chi connectivity index (χ2n) is 16.0. The van der Waals surface area contributed by atoms with Gasteiger partial charge in [-0.3, -0.25) is 28.7 Å². The van der Waals surface area contributed by atoms with E-state index >= 15 is 0 Å². The maximum absolute atomic E-state index is 12.2. The summed E-state index contributed by atoms with van der Waals surface area (Å²) in [6, 6.07) is 0. The lowest BCUT2D eigenvalue weighted by Crippen LogP contribution is -2.46. The van der Waals surface area contributed by atoms with E-state index in [9.17, 15) is 24.3 Å². The number of nitrogens with zero attached hydrogens (tertiary/aromatic N) is 2. The van der Waals surface area contributed by atoms with E-state index in [-0.39, 0.29) is 35.5 Å². The minimum Gasteiger partial charge on any atom is -0.411 e. The number of rotatable bonds is 9. The summed E-state index contributed by atoms with van der Waals surface area (Å²) in [5, 5.41) is 9.67. The van der Waals surface area contributed by atoms with Crippen LogP contribution >= 0.6 is 0 Å². The van der Waals surface area contributed by atoms with Gasteiger partial charge < -0.3 is 28.2 Å². The lowest BCUT2D eigenvalue weighted by atomic mass is 10.2. The average molecular weight is 730 g/mol. The van der Waals surface area contributed by atoms with Gasteiger partial charge in [0.25, 0.3) is 11.1 Å². The first-order valence-electron chi connectivity index (χ1n) is 17.8. The van der Waals surface area contributed by atoms with Crippen molar-refractivity contribution in [2.45, 2.75) is 141 Å². The lowest BCUT2D eigenvalue weighted by molar-refractivity contribution is -0.0527. The Hall–Kier alpha value is -2.45. The molecule has 14 nitrogen and oxygen atoms in total. The van der Waals surface area contributed by atoms with Crippen molar-refractivity contribution in [3.8, 4) is 0 Å². The van der Waals surface area contributed by atoms with E-state index in [4.69, 9.17) is 25.8 Å². The molecule has 2 saturated heterocycles. The summed E-state index contributed by atoms with van der Waals surface area (Å²) in [4.78, 5) is 52.0. The van der Waals surface area contributed by atoms with Crippen LogP contribution in [-0.2, 0) is 23.1 Å². The molecular formula is C33H58N4O10Si2. The third kappa shape index (κ3) is 9.67. The van der Waals surface area contributed by atoms with Crippen LogP contribution in [0.5, 0.6) is 0 Å². The number of nitrogens with one attached hydrogen (secondary N) is 2. The smallest absolute Gasteiger partial charge is 0.330 e. The summed E-state index contributed by atoms with van der Waals surface area (Å²) >= 11 is 0. The summed E-state index contributed by atoms with van der Waals surface area (Å²) in [7, 11) is -5.55. The number of aromatic amines is 2. The van der Waals surface area contributed by atoms with E-state index in [1.807, 2.05) is 0 Å². The zero-order valence-electron chi connectivity index (χ0n) is 33.0. The molecule has 49 heavy (non-hydrogen) atoms. The molecule has 2 fully saturated rings. The van der Waals surface area contributed by atoms with E-state index in [1.165, 1.54) is 21.5 Å². The van der Waals surface area contributed by atoms with Gasteiger partial charge in [-0.05, 0) is 50.1 Å². The van der Waals surface area contributed by atoms with E-state index in [0.29, 0.717) is 24.0 Å². The summed E-state index contributed by atoms with van der Waals surface area (Å²) in [5.74, 6) is 0. The van der Waals surface area contributed by atoms with Crippen LogP contribution in [0.15, 0.2) is 31.6 Å². The molecule has 0 bridgehead atoms. The van der Waals surface area contributed by atoms with Gasteiger partial charge in [0.2, 0.25) is 0 Å². The van der Waals surface area contributed by atoms with Crippen molar-refractivity contribution in [1.82, 2.24) is 19.1 Å². The van der Waals surface area contributed by atoms with Crippen LogP contribution in [0.4, 0.5) is 0 Å². The Morgan fingerprint density at radius 1 is 0.837 bits per heavy atom. The number of hydrogen-bond donors (Lipinski definition) is 3. The second kappa shape index (κ2) is 15.4. The fourth-order valence-electron chi connectivity index (χ4n) is 5.11. The van der Waals surface area contributed by atoms with Crippen molar-refractivity contribution in [1.29, 1.82) is 0 Å². The lowest BCUT2D eigenvalue weighted by Gasteiger charge is -2.39. The molecule has 16 heteroatoms. The van der Waals surface area contributed by atoms with Gasteiger partial charge in [-0.2, -0.15) is 0 Å². The number of aliphatic hydroxyl groups is 1. The highest BCUT2D eigenvalue weighted by Gasteiger charge is 2.46. The Kier molecular flexibility index (Phi) is 11.9. The number of aryl methyl sites for hydroxylation is 2. The molecule has 0 saturated carbocycles. The quantitative estimate of drug-likeness (QED) is 0.323. The average Bonchev–Trinajstić information content (AvgIpc) is 3.57. The molecule has 4 rings (SSSR count). The summed E-state index contributed by atoms with van der Waals surface area (Å²) in [6.07, 6.45) is 1.12. The molecule has 278 valence electrons. The molecule has 0 aromatic carbocycles. The number of aromatic nitrogens is 4. The van der Waals surface area contributed by atoms with Crippen molar-refractivity contribution in [3.63, 3.8) is 0 Å². The van der Waals surface area contributed by atoms with E-state index in [1.54, 1.807) is 13.8 Å². The number of aliphatic hydroxyl groups excluding tert-OH is 1. The van der Waals surface area contributed by atoms with E-state index in [2.05, 4.69) is 77.7 Å². The molecule has 2 aromatic rings. The highest BCUT2D eigenvalue weighted by atomic mass is 28.4. The highest BCUT2D eigenvalue weighted by molar-refractivity contribution is 6.74. The van der Waals surface area contributed by atoms with Crippen molar-refractivity contribution in [2.24, 2.45) is 0 Å².